The summed E-state index contributed by atoms with van der Waals surface area (Å²) in [7, 11) is 0. The van der Waals surface area contributed by atoms with E-state index in [1.807, 2.05) is 0 Å². The summed E-state index contributed by atoms with van der Waals surface area (Å²) in [5.41, 5.74) is 1.63. The Labute approximate surface area is 124 Å². The lowest BCUT2D eigenvalue weighted by molar-refractivity contribution is 0.304. The van der Waals surface area contributed by atoms with Crippen molar-refractivity contribution in [2.45, 2.75) is 65.3 Å². The molecule has 0 fully saturated rings. The summed E-state index contributed by atoms with van der Waals surface area (Å²) >= 11 is 0. The standard InChI is InChI=1S/C18H31NO/c1-6-18(4,5)16-9-11-17(12-10-16)20-14-8-7-13-19-15(2)3/h9-12,15,19H,6-8,13-14H2,1-5H3. The first kappa shape index (κ1) is 17.0. The second-order valence-corrected chi connectivity index (χ2v) is 6.43. The van der Waals surface area contributed by atoms with Crippen LogP contribution in [-0.4, -0.2) is 19.2 Å². The topological polar surface area (TPSA) is 21.3 Å². The molecule has 1 N–H and O–H groups in total. The van der Waals surface area contributed by atoms with Gasteiger partial charge in [-0.3, -0.25) is 0 Å². The highest BCUT2D eigenvalue weighted by molar-refractivity contribution is 5.31. The van der Waals surface area contributed by atoms with E-state index in [1.165, 1.54) is 12.0 Å². The summed E-state index contributed by atoms with van der Waals surface area (Å²) in [5.74, 6) is 0.984. The van der Waals surface area contributed by atoms with Gasteiger partial charge in [-0.1, -0.05) is 46.8 Å². The van der Waals surface area contributed by atoms with E-state index in [4.69, 9.17) is 4.74 Å². The highest BCUT2D eigenvalue weighted by atomic mass is 16.5. The van der Waals surface area contributed by atoms with E-state index in [1.54, 1.807) is 0 Å². The Balaban J connectivity index is 2.28. The third kappa shape index (κ3) is 5.96. The maximum absolute atomic E-state index is 5.79. The minimum Gasteiger partial charge on any atom is -0.494 e. The van der Waals surface area contributed by atoms with Crippen LogP contribution in [0.5, 0.6) is 5.75 Å². The van der Waals surface area contributed by atoms with Crippen molar-refractivity contribution in [2.24, 2.45) is 0 Å². The third-order valence-electron chi connectivity index (χ3n) is 3.91. The highest BCUT2D eigenvalue weighted by Gasteiger charge is 2.17. The molecule has 0 spiro atoms. The zero-order valence-electron chi connectivity index (χ0n) is 13.8. The number of benzene rings is 1. The Morgan fingerprint density at radius 1 is 1.10 bits per heavy atom. The van der Waals surface area contributed by atoms with Crippen molar-refractivity contribution in [1.82, 2.24) is 5.32 Å². The monoisotopic (exact) mass is 277 g/mol. The molecule has 1 rings (SSSR count). The second-order valence-electron chi connectivity index (χ2n) is 6.43. The normalized spacial score (nSPS) is 11.9. The Kier molecular flexibility index (Phi) is 7.08. The average Bonchev–Trinajstić information content (AvgIpc) is 2.43. The molecule has 0 aromatic heterocycles. The molecule has 0 amide bonds. The minimum atomic E-state index is 0.251. The zero-order chi connectivity index (χ0) is 15.0. The van der Waals surface area contributed by atoms with E-state index in [0.717, 1.165) is 31.7 Å². The van der Waals surface area contributed by atoms with Gasteiger partial charge in [0.05, 0.1) is 6.61 Å². The van der Waals surface area contributed by atoms with Gasteiger partial charge in [-0.25, -0.2) is 0 Å². The molecule has 0 bridgehead atoms. The van der Waals surface area contributed by atoms with E-state index >= 15 is 0 Å². The Bertz CT molecular complexity index is 368. The molecule has 114 valence electrons. The van der Waals surface area contributed by atoms with Crippen LogP contribution < -0.4 is 10.1 Å². The van der Waals surface area contributed by atoms with Crippen LogP contribution in [-0.2, 0) is 5.41 Å². The summed E-state index contributed by atoms with van der Waals surface area (Å²) in [5, 5.41) is 3.42. The Morgan fingerprint density at radius 3 is 2.30 bits per heavy atom. The first-order valence-corrected chi connectivity index (χ1v) is 7.92. The fraction of sp³-hybridized carbons (Fsp3) is 0.667. The molecule has 2 nitrogen and oxygen atoms in total. The van der Waals surface area contributed by atoms with Gasteiger partial charge in [0.2, 0.25) is 0 Å². The van der Waals surface area contributed by atoms with Crippen molar-refractivity contribution in [3.63, 3.8) is 0 Å². The molecule has 2 heteroatoms. The Hall–Kier alpha value is -1.02. The lowest BCUT2D eigenvalue weighted by Gasteiger charge is -2.23. The summed E-state index contributed by atoms with van der Waals surface area (Å²) in [4.78, 5) is 0. The minimum absolute atomic E-state index is 0.251. The molecule has 0 unspecified atom stereocenters. The van der Waals surface area contributed by atoms with Gasteiger partial charge in [0.25, 0.3) is 0 Å². The van der Waals surface area contributed by atoms with Gasteiger partial charge in [-0.05, 0) is 48.9 Å². The highest BCUT2D eigenvalue weighted by Crippen LogP contribution is 2.28. The SMILES string of the molecule is CCC(C)(C)c1ccc(OCCCCNC(C)C)cc1. The number of ether oxygens (including phenoxy) is 1. The van der Waals surface area contributed by atoms with Crippen LogP contribution in [0.15, 0.2) is 24.3 Å². The van der Waals surface area contributed by atoms with Crippen molar-refractivity contribution in [2.75, 3.05) is 13.2 Å². The maximum Gasteiger partial charge on any atom is 0.119 e. The number of nitrogens with one attached hydrogen (secondary N) is 1. The molecule has 0 radical (unpaired) electrons. The van der Waals surface area contributed by atoms with Gasteiger partial charge in [-0.2, -0.15) is 0 Å². The van der Waals surface area contributed by atoms with Crippen molar-refractivity contribution < 1.29 is 4.74 Å². The van der Waals surface area contributed by atoms with Crippen LogP contribution in [0.2, 0.25) is 0 Å². The lowest BCUT2D eigenvalue weighted by atomic mass is 9.82. The molecule has 0 aliphatic carbocycles. The fourth-order valence-electron chi connectivity index (χ4n) is 2.01. The molecular weight excluding hydrogens is 246 g/mol. The van der Waals surface area contributed by atoms with Gasteiger partial charge in [0.1, 0.15) is 5.75 Å². The lowest BCUT2D eigenvalue weighted by Crippen LogP contribution is -2.23. The summed E-state index contributed by atoms with van der Waals surface area (Å²) in [6.07, 6.45) is 3.41. The third-order valence-corrected chi connectivity index (χ3v) is 3.91. The Morgan fingerprint density at radius 2 is 1.75 bits per heavy atom. The predicted molar refractivity (Wildman–Crippen MR) is 87.6 cm³/mol. The van der Waals surface area contributed by atoms with E-state index in [-0.39, 0.29) is 5.41 Å². The summed E-state index contributed by atoms with van der Waals surface area (Å²) in [6.45, 7) is 13.0. The first-order valence-electron chi connectivity index (χ1n) is 7.92. The molecule has 1 aromatic rings. The number of rotatable bonds is 9. The molecule has 0 aliphatic heterocycles. The van der Waals surface area contributed by atoms with Gasteiger partial charge in [-0.15, -0.1) is 0 Å². The molecule has 1 aromatic carbocycles. The van der Waals surface area contributed by atoms with Crippen molar-refractivity contribution >= 4 is 0 Å². The molecule has 0 saturated carbocycles. The van der Waals surface area contributed by atoms with Gasteiger partial charge in [0.15, 0.2) is 0 Å². The van der Waals surface area contributed by atoms with Crippen molar-refractivity contribution in [3.8, 4) is 5.75 Å². The number of hydrogen-bond donors (Lipinski definition) is 1. The van der Waals surface area contributed by atoms with Gasteiger partial charge >= 0.3 is 0 Å². The second kappa shape index (κ2) is 8.31. The molecule has 0 heterocycles. The molecule has 20 heavy (non-hydrogen) atoms. The van der Waals surface area contributed by atoms with E-state index in [9.17, 15) is 0 Å². The summed E-state index contributed by atoms with van der Waals surface area (Å²) in [6, 6.07) is 9.15. The fourth-order valence-corrected chi connectivity index (χ4v) is 2.01. The smallest absolute Gasteiger partial charge is 0.119 e. The van der Waals surface area contributed by atoms with E-state index < -0.39 is 0 Å². The molecular formula is C18H31NO. The molecule has 0 aliphatic rings. The van der Waals surface area contributed by atoms with Crippen LogP contribution in [0, 0.1) is 0 Å². The van der Waals surface area contributed by atoms with E-state index in [0.29, 0.717) is 6.04 Å². The van der Waals surface area contributed by atoms with E-state index in [2.05, 4.69) is 64.2 Å². The van der Waals surface area contributed by atoms with Crippen molar-refractivity contribution in [3.05, 3.63) is 29.8 Å². The maximum atomic E-state index is 5.79. The van der Waals surface area contributed by atoms with Gasteiger partial charge in [0, 0.05) is 6.04 Å². The van der Waals surface area contributed by atoms with Crippen LogP contribution in [0.1, 0.15) is 59.4 Å². The number of unbranched alkanes of at least 4 members (excludes halogenated alkanes) is 1. The zero-order valence-corrected chi connectivity index (χ0v) is 13.8. The average molecular weight is 277 g/mol. The van der Waals surface area contributed by atoms with Crippen molar-refractivity contribution in [1.29, 1.82) is 0 Å². The van der Waals surface area contributed by atoms with Crippen LogP contribution in [0.3, 0.4) is 0 Å². The molecule has 0 atom stereocenters. The van der Waals surface area contributed by atoms with Crippen LogP contribution >= 0.6 is 0 Å². The first-order chi connectivity index (χ1) is 9.45. The predicted octanol–water partition coefficient (Wildman–Crippen LogP) is 4.53. The largest absolute Gasteiger partial charge is 0.494 e. The quantitative estimate of drug-likeness (QED) is 0.670. The summed E-state index contributed by atoms with van der Waals surface area (Å²) < 4.78 is 5.79. The molecule has 0 saturated heterocycles. The van der Waals surface area contributed by atoms with Gasteiger partial charge < -0.3 is 10.1 Å². The van der Waals surface area contributed by atoms with Crippen LogP contribution in [0.25, 0.3) is 0 Å². The van der Waals surface area contributed by atoms with Crippen LogP contribution in [0.4, 0.5) is 0 Å². The number of hydrogen-bond acceptors (Lipinski definition) is 2.